The topological polar surface area (TPSA) is 26.0 Å². The van der Waals surface area contributed by atoms with Crippen molar-refractivity contribution < 1.29 is 4.39 Å². The van der Waals surface area contributed by atoms with E-state index in [1.165, 1.54) is 25.3 Å². The third-order valence-electron chi connectivity index (χ3n) is 4.42. The molecule has 3 unspecified atom stereocenters. The van der Waals surface area contributed by atoms with Crippen LogP contribution in [0.5, 0.6) is 0 Å². The Morgan fingerprint density at radius 1 is 1.35 bits per heavy atom. The van der Waals surface area contributed by atoms with Gasteiger partial charge in [-0.05, 0) is 70.6 Å². The second-order valence-corrected chi connectivity index (χ2v) is 6.31. The van der Waals surface area contributed by atoms with E-state index in [0.29, 0.717) is 4.47 Å². The molecule has 0 heterocycles. The third-order valence-corrected chi connectivity index (χ3v) is 5.03. The monoisotopic (exact) mass is 297 g/mol. The Morgan fingerprint density at radius 3 is 2.71 bits per heavy atom. The highest BCUT2D eigenvalue weighted by Gasteiger charge is 2.54. The maximum absolute atomic E-state index is 13.1. The average molecular weight is 298 g/mol. The van der Waals surface area contributed by atoms with E-state index in [1.807, 2.05) is 12.1 Å². The van der Waals surface area contributed by atoms with Gasteiger partial charge in [-0.25, -0.2) is 4.39 Å². The first kappa shape index (κ1) is 11.7. The van der Waals surface area contributed by atoms with Crippen LogP contribution in [0.3, 0.4) is 0 Å². The lowest BCUT2D eigenvalue weighted by molar-refractivity contribution is 0.483. The van der Waals surface area contributed by atoms with Gasteiger partial charge >= 0.3 is 0 Å². The Bertz CT molecular complexity index is 424. The zero-order valence-corrected chi connectivity index (χ0v) is 11.3. The van der Waals surface area contributed by atoms with Crippen LogP contribution in [-0.2, 0) is 6.42 Å². The minimum Gasteiger partial charge on any atom is -0.327 e. The smallest absolute Gasteiger partial charge is 0.137 e. The second-order valence-electron chi connectivity index (χ2n) is 5.45. The standard InChI is InChI=1S/C14H17BrFN/c15-11-6-8(4-5-12(11)16)7-13(17)14-9-2-1-3-10(9)14/h4-6,9-10,13-14H,1-3,7,17H2. The molecule has 2 aliphatic rings. The van der Waals surface area contributed by atoms with Crippen molar-refractivity contribution in [3.05, 3.63) is 34.1 Å². The molecule has 3 rings (SSSR count). The first-order chi connectivity index (χ1) is 8.16. The number of halogens is 2. The van der Waals surface area contributed by atoms with Crippen LogP contribution in [0.1, 0.15) is 24.8 Å². The molecule has 0 bridgehead atoms. The summed E-state index contributed by atoms with van der Waals surface area (Å²) in [6.07, 6.45) is 5.00. The number of rotatable bonds is 3. The van der Waals surface area contributed by atoms with Gasteiger partial charge in [0.1, 0.15) is 5.82 Å². The van der Waals surface area contributed by atoms with Crippen molar-refractivity contribution >= 4 is 15.9 Å². The summed E-state index contributed by atoms with van der Waals surface area (Å²) in [6, 6.07) is 5.47. The highest BCUT2D eigenvalue weighted by molar-refractivity contribution is 9.10. The van der Waals surface area contributed by atoms with Crippen LogP contribution >= 0.6 is 15.9 Å². The van der Waals surface area contributed by atoms with Crippen LogP contribution in [0.4, 0.5) is 4.39 Å². The number of hydrogen-bond donors (Lipinski definition) is 1. The Labute approximate surface area is 110 Å². The number of nitrogens with two attached hydrogens (primary N) is 1. The first-order valence-corrected chi connectivity index (χ1v) is 7.15. The van der Waals surface area contributed by atoms with Gasteiger partial charge in [0.05, 0.1) is 4.47 Å². The molecule has 2 fully saturated rings. The fourth-order valence-corrected chi connectivity index (χ4v) is 4.01. The van der Waals surface area contributed by atoms with Crippen LogP contribution in [0.2, 0.25) is 0 Å². The highest BCUT2D eigenvalue weighted by atomic mass is 79.9. The minimum atomic E-state index is -0.203. The number of benzene rings is 1. The van der Waals surface area contributed by atoms with E-state index in [-0.39, 0.29) is 11.9 Å². The predicted octanol–water partition coefficient (Wildman–Crippen LogP) is 3.50. The van der Waals surface area contributed by atoms with Gasteiger partial charge in [-0.15, -0.1) is 0 Å². The largest absolute Gasteiger partial charge is 0.327 e. The Morgan fingerprint density at radius 2 is 2.06 bits per heavy atom. The van der Waals surface area contributed by atoms with Crippen LogP contribution in [0.25, 0.3) is 0 Å². The van der Waals surface area contributed by atoms with E-state index in [4.69, 9.17) is 5.73 Å². The van der Waals surface area contributed by atoms with Gasteiger partial charge in [-0.3, -0.25) is 0 Å². The molecule has 1 aromatic rings. The quantitative estimate of drug-likeness (QED) is 0.908. The molecule has 0 amide bonds. The summed E-state index contributed by atoms with van der Waals surface area (Å²) in [4.78, 5) is 0. The van der Waals surface area contributed by atoms with Gasteiger partial charge in [-0.1, -0.05) is 12.5 Å². The predicted molar refractivity (Wildman–Crippen MR) is 70.1 cm³/mol. The van der Waals surface area contributed by atoms with Gasteiger partial charge in [0.15, 0.2) is 0 Å². The molecule has 3 atom stereocenters. The lowest BCUT2D eigenvalue weighted by Gasteiger charge is -2.14. The van der Waals surface area contributed by atoms with Crippen LogP contribution in [0.15, 0.2) is 22.7 Å². The van der Waals surface area contributed by atoms with E-state index in [0.717, 1.165) is 29.7 Å². The van der Waals surface area contributed by atoms with Crippen LogP contribution in [-0.4, -0.2) is 6.04 Å². The Balaban J connectivity index is 1.64. The maximum Gasteiger partial charge on any atom is 0.137 e. The zero-order valence-electron chi connectivity index (χ0n) is 9.70. The molecule has 3 heteroatoms. The lowest BCUT2D eigenvalue weighted by Crippen LogP contribution is -2.27. The highest BCUT2D eigenvalue weighted by Crippen LogP contribution is 2.58. The summed E-state index contributed by atoms with van der Waals surface area (Å²) >= 11 is 3.22. The number of fused-ring (bicyclic) bond motifs is 1. The van der Waals surface area contributed by atoms with E-state index < -0.39 is 0 Å². The summed E-state index contributed by atoms with van der Waals surface area (Å²) in [6.45, 7) is 0. The van der Waals surface area contributed by atoms with E-state index in [1.54, 1.807) is 0 Å². The maximum atomic E-state index is 13.1. The van der Waals surface area contributed by atoms with E-state index in [9.17, 15) is 4.39 Å². The van der Waals surface area contributed by atoms with Crippen molar-refractivity contribution in [1.29, 1.82) is 0 Å². The molecule has 1 aromatic carbocycles. The molecular weight excluding hydrogens is 281 g/mol. The van der Waals surface area contributed by atoms with E-state index >= 15 is 0 Å². The molecule has 1 nitrogen and oxygen atoms in total. The van der Waals surface area contributed by atoms with Gasteiger partial charge in [0.2, 0.25) is 0 Å². The third kappa shape index (κ3) is 2.15. The Kier molecular flexibility index (Phi) is 2.99. The molecule has 0 aliphatic heterocycles. The fraction of sp³-hybridized carbons (Fsp3) is 0.571. The number of hydrogen-bond acceptors (Lipinski definition) is 1. The van der Waals surface area contributed by atoms with Crippen molar-refractivity contribution in [3.8, 4) is 0 Å². The molecule has 2 N–H and O–H groups in total. The lowest BCUT2D eigenvalue weighted by atomic mass is 9.98. The SMILES string of the molecule is NC(Cc1ccc(F)c(Br)c1)C1C2CCCC21. The Hall–Kier alpha value is -0.410. The first-order valence-electron chi connectivity index (χ1n) is 6.36. The molecule has 0 spiro atoms. The summed E-state index contributed by atoms with van der Waals surface area (Å²) in [5.41, 5.74) is 7.42. The van der Waals surface area contributed by atoms with Crippen molar-refractivity contribution in [2.24, 2.45) is 23.5 Å². The van der Waals surface area contributed by atoms with Crippen molar-refractivity contribution in [1.82, 2.24) is 0 Å². The van der Waals surface area contributed by atoms with Gasteiger partial charge in [0.25, 0.3) is 0 Å². The molecule has 17 heavy (non-hydrogen) atoms. The van der Waals surface area contributed by atoms with Crippen molar-refractivity contribution in [3.63, 3.8) is 0 Å². The molecule has 92 valence electrons. The van der Waals surface area contributed by atoms with Gasteiger partial charge in [-0.2, -0.15) is 0 Å². The van der Waals surface area contributed by atoms with Crippen molar-refractivity contribution in [2.75, 3.05) is 0 Å². The van der Waals surface area contributed by atoms with Crippen LogP contribution in [0, 0.1) is 23.6 Å². The zero-order chi connectivity index (χ0) is 12.0. The molecular formula is C14H17BrFN. The average Bonchev–Trinajstić information content (AvgIpc) is 2.78. The molecule has 0 aromatic heterocycles. The van der Waals surface area contributed by atoms with Gasteiger partial charge in [0, 0.05) is 6.04 Å². The normalized spacial score (nSPS) is 32.3. The molecule has 2 aliphatic carbocycles. The van der Waals surface area contributed by atoms with E-state index in [2.05, 4.69) is 15.9 Å². The molecule has 0 radical (unpaired) electrons. The molecule has 0 saturated heterocycles. The second kappa shape index (κ2) is 4.36. The summed E-state index contributed by atoms with van der Waals surface area (Å²) in [5.74, 6) is 2.32. The molecule has 2 saturated carbocycles. The van der Waals surface area contributed by atoms with Crippen LogP contribution < -0.4 is 5.73 Å². The fourth-order valence-electron chi connectivity index (χ4n) is 3.59. The minimum absolute atomic E-state index is 0.203. The summed E-state index contributed by atoms with van der Waals surface area (Å²) in [7, 11) is 0. The summed E-state index contributed by atoms with van der Waals surface area (Å²) in [5, 5.41) is 0. The summed E-state index contributed by atoms with van der Waals surface area (Å²) < 4.78 is 13.7. The van der Waals surface area contributed by atoms with Crippen molar-refractivity contribution in [2.45, 2.75) is 31.7 Å². The van der Waals surface area contributed by atoms with Gasteiger partial charge < -0.3 is 5.73 Å².